The highest BCUT2D eigenvalue weighted by Gasteiger charge is 2.42. The maximum Gasteiger partial charge on any atom is 0.150 e. The minimum atomic E-state index is -1.19. The van der Waals surface area contributed by atoms with Gasteiger partial charge in [-0.15, -0.1) is 0 Å². The lowest BCUT2D eigenvalue weighted by atomic mass is 9.72. The van der Waals surface area contributed by atoms with Gasteiger partial charge >= 0.3 is 0 Å². The Bertz CT molecular complexity index is 1310. The van der Waals surface area contributed by atoms with Crippen LogP contribution in [0.3, 0.4) is 0 Å². The van der Waals surface area contributed by atoms with Gasteiger partial charge in [0.15, 0.2) is 0 Å². The molecule has 4 aromatic rings. The Hall–Kier alpha value is -2.93. The first-order chi connectivity index (χ1) is 15.2. The largest absolute Gasteiger partial charge is 0.390 e. The lowest BCUT2D eigenvalue weighted by molar-refractivity contribution is -0.0335. The van der Waals surface area contributed by atoms with E-state index in [1.807, 2.05) is 60.0 Å². The van der Waals surface area contributed by atoms with Crippen LogP contribution in [0.2, 0.25) is 5.02 Å². The number of hydrogen-bond donors (Lipinski definition) is 3. The van der Waals surface area contributed by atoms with Crippen LogP contribution in [-0.2, 0) is 5.60 Å². The Kier molecular flexibility index (Phi) is 4.78. The molecule has 0 bridgehead atoms. The van der Waals surface area contributed by atoms with Crippen molar-refractivity contribution in [2.24, 2.45) is 0 Å². The summed E-state index contributed by atoms with van der Waals surface area (Å²) in [6, 6.07) is 15.0. The van der Waals surface area contributed by atoms with Crippen molar-refractivity contribution in [2.75, 3.05) is 5.73 Å². The number of nitrogens with two attached hydrogens (primary N) is 1. The first-order valence-electron chi connectivity index (χ1n) is 10.6. The summed E-state index contributed by atoms with van der Waals surface area (Å²) in [6.45, 7) is 3.59. The summed E-state index contributed by atoms with van der Waals surface area (Å²) in [5, 5.41) is 21.9. The third-order valence-corrected chi connectivity index (χ3v) is 6.78. The predicted octanol–water partition coefficient (Wildman–Crippen LogP) is 4.52. The van der Waals surface area contributed by atoms with E-state index in [1.54, 1.807) is 19.2 Å². The Labute approximate surface area is 191 Å². The topological polar surface area (TPSA) is 96.7 Å². The van der Waals surface area contributed by atoms with Crippen molar-refractivity contribution in [3.63, 3.8) is 0 Å². The number of aliphatic hydroxyl groups is 2. The second-order valence-electron chi connectivity index (χ2n) is 9.08. The third-order valence-electron chi connectivity index (χ3n) is 6.47. The molecule has 1 aliphatic carbocycles. The van der Waals surface area contributed by atoms with Crippen molar-refractivity contribution in [3.05, 3.63) is 82.9 Å². The number of fused-ring (bicyclic) bond motifs is 1. The standard InChI is InChI=1S/C25H25ClN4O2/c1-24(31)13-15(14-24)23-29-20(21-22(27)28-10-11-30(21)23)18-9-8-17(12-19(18)26)25(2,32)16-6-4-3-5-7-16/h3-12,15,31-32H,13-14H2,1-2H3,(H2,27,28)/t15-,24+,25?. The van der Waals surface area contributed by atoms with Gasteiger partial charge in [0.05, 0.1) is 10.6 Å². The Morgan fingerprint density at radius 3 is 2.53 bits per heavy atom. The summed E-state index contributed by atoms with van der Waals surface area (Å²) in [5.41, 5.74) is 7.90. The number of benzene rings is 2. The van der Waals surface area contributed by atoms with Crippen LogP contribution in [0.25, 0.3) is 16.8 Å². The van der Waals surface area contributed by atoms with Gasteiger partial charge in [-0.25, -0.2) is 9.97 Å². The van der Waals surface area contributed by atoms with Gasteiger partial charge in [0.25, 0.3) is 0 Å². The molecule has 0 amide bonds. The van der Waals surface area contributed by atoms with Crippen LogP contribution in [0.5, 0.6) is 0 Å². The lowest BCUT2D eigenvalue weighted by Gasteiger charge is -2.40. The van der Waals surface area contributed by atoms with Crippen LogP contribution in [0.15, 0.2) is 60.9 Å². The molecule has 1 fully saturated rings. The number of hydrogen-bond acceptors (Lipinski definition) is 5. The van der Waals surface area contributed by atoms with E-state index in [0.717, 1.165) is 11.4 Å². The zero-order valence-electron chi connectivity index (χ0n) is 18.0. The fourth-order valence-electron chi connectivity index (χ4n) is 4.69. The fourth-order valence-corrected chi connectivity index (χ4v) is 4.96. The molecule has 2 aromatic heterocycles. The molecule has 1 aliphatic rings. The fraction of sp³-hybridized carbons (Fsp3) is 0.280. The molecule has 164 valence electrons. The van der Waals surface area contributed by atoms with Gasteiger partial charge in [0.2, 0.25) is 0 Å². The molecule has 1 unspecified atom stereocenters. The molecule has 0 saturated heterocycles. The lowest BCUT2D eigenvalue weighted by Crippen LogP contribution is -2.40. The molecule has 2 heterocycles. The maximum absolute atomic E-state index is 11.2. The predicted molar refractivity (Wildman–Crippen MR) is 126 cm³/mol. The van der Waals surface area contributed by atoms with E-state index in [2.05, 4.69) is 4.98 Å². The quantitative estimate of drug-likeness (QED) is 0.426. The number of imidazole rings is 1. The first-order valence-corrected chi connectivity index (χ1v) is 11.0. The molecule has 5 rings (SSSR count). The smallest absolute Gasteiger partial charge is 0.150 e. The summed E-state index contributed by atoms with van der Waals surface area (Å²) in [7, 11) is 0. The average molecular weight is 449 g/mol. The summed E-state index contributed by atoms with van der Waals surface area (Å²) in [6.07, 6.45) is 4.77. The van der Waals surface area contributed by atoms with E-state index in [4.69, 9.17) is 22.3 Å². The molecule has 0 radical (unpaired) electrons. The van der Waals surface area contributed by atoms with Crippen LogP contribution in [-0.4, -0.2) is 30.2 Å². The van der Waals surface area contributed by atoms with E-state index >= 15 is 0 Å². The van der Waals surface area contributed by atoms with Crippen molar-refractivity contribution in [1.82, 2.24) is 14.4 Å². The number of nitrogens with zero attached hydrogens (tertiary/aromatic N) is 3. The van der Waals surface area contributed by atoms with Crippen molar-refractivity contribution in [2.45, 2.75) is 43.8 Å². The molecule has 6 nitrogen and oxygen atoms in total. The first kappa shape index (κ1) is 20.9. The summed E-state index contributed by atoms with van der Waals surface area (Å²) in [5.74, 6) is 1.33. The zero-order valence-corrected chi connectivity index (χ0v) is 18.7. The highest BCUT2D eigenvalue weighted by atomic mass is 35.5. The van der Waals surface area contributed by atoms with Crippen LogP contribution in [0, 0.1) is 0 Å². The normalized spacial score (nSPS) is 22.5. The van der Waals surface area contributed by atoms with E-state index < -0.39 is 11.2 Å². The molecule has 32 heavy (non-hydrogen) atoms. The van der Waals surface area contributed by atoms with E-state index in [0.29, 0.717) is 46.0 Å². The maximum atomic E-state index is 11.2. The second kappa shape index (κ2) is 7.30. The number of anilines is 1. The number of halogens is 1. The molecular formula is C25H25ClN4O2. The van der Waals surface area contributed by atoms with Gasteiger partial charge in [-0.1, -0.05) is 54.1 Å². The van der Waals surface area contributed by atoms with E-state index in [-0.39, 0.29) is 5.92 Å². The van der Waals surface area contributed by atoms with Gasteiger partial charge in [-0.05, 0) is 43.9 Å². The number of rotatable bonds is 4. The van der Waals surface area contributed by atoms with Crippen LogP contribution in [0.4, 0.5) is 5.82 Å². The molecule has 7 heteroatoms. The molecule has 0 aliphatic heterocycles. The van der Waals surface area contributed by atoms with Crippen molar-refractivity contribution >= 4 is 22.9 Å². The second-order valence-corrected chi connectivity index (χ2v) is 9.49. The highest BCUT2D eigenvalue weighted by molar-refractivity contribution is 6.33. The number of aromatic nitrogens is 3. The summed E-state index contributed by atoms with van der Waals surface area (Å²) in [4.78, 5) is 9.15. The van der Waals surface area contributed by atoms with Crippen LogP contribution >= 0.6 is 11.6 Å². The average Bonchev–Trinajstić information content (AvgIpc) is 3.13. The Balaban J connectivity index is 1.61. The molecule has 1 atom stereocenters. The van der Waals surface area contributed by atoms with Crippen molar-refractivity contribution in [1.29, 1.82) is 0 Å². The molecule has 4 N–H and O–H groups in total. The highest BCUT2D eigenvalue weighted by Crippen LogP contribution is 2.46. The van der Waals surface area contributed by atoms with Gasteiger partial charge in [0, 0.05) is 23.9 Å². The third kappa shape index (κ3) is 3.35. The Morgan fingerprint density at radius 1 is 1.16 bits per heavy atom. The monoisotopic (exact) mass is 448 g/mol. The van der Waals surface area contributed by atoms with Gasteiger partial charge in [-0.3, -0.25) is 4.40 Å². The minimum absolute atomic E-state index is 0.130. The minimum Gasteiger partial charge on any atom is -0.390 e. The van der Waals surface area contributed by atoms with Crippen LogP contribution < -0.4 is 5.73 Å². The van der Waals surface area contributed by atoms with E-state index in [9.17, 15) is 10.2 Å². The van der Waals surface area contributed by atoms with Crippen molar-refractivity contribution < 1.29 is 10.2 Å². The zero-order chi connectivity index (χ0) is 22.7. The van der Waals surface area contributed by atoms with Gasteiger partial charge in [-0.2, -0.15) is 0 Å². The van der Waals surface area contributed by atoms with E-state index in [1.165, 1.54) is 0 Å². The molecular weight excluding hydrogens is 424 g/mol. The van der Waals surface area contributed by atoms with Gasteiger partial charge in [0.1, 0.15) is 28.5 Å². The van der Waals surface area contributed by atoms with Crippen LogP contribution in [0.1, 0.15) is 49.6 Å². The Morgan fingerprint density at radius 2 is 1.88 bits per heavy atom. The molecule has 2 aromatic carbocycles. The van der Waals surface area contributed by atoms with Crippen molar-refractivity contribution in [3.8, 4) is 11.3 Å². The SMILES string of the molecule is CC(O)(c1ccccc1)c1ccc(-c2nc([C@H]3C[C@@](C)(O)C3)n3ccnc(N)c23)c(Cl)c1. The summed E-state index contributed by atoms with van der Waals surface area (Å²) >= 11 is 6.73. The number of nitrogen functional groups attached to an aromatic ring is 1. The summed E-state index contributed by atoms with van der Waals surface area (Å²) < 4.78 is 1.95. The van der Waals surface area contributed by atoms with Gasteiger partial charge < -0.3 is 15.9 Å². The molecule has 1 saturated carbocycles. The molecule has 0 spiro atoms.